The maximum Gasteiger partial charge on any atom is 0.0410 e. The van der Waals surface area contributed by atoms with Crippen LogP contribution in [0.15, 0.2) is 22.9 Å². The lowest BCUT2D eigenvalue weighted by Gasteiger charge is -2.12. The van der Waals surface area contributed by atoms with Crippen LogP contribution in [0.5, 0.6) is 0 Å². The molecular formula is C11H14BrClN2. The number of aromatic nitrogens is 1. The molecule has 4 heteroatoms. The van der Waals surface area contributed by atoms with Crippen molar-refractivity contribution in [2.45, 2.75) is 19.4 Å². The van der Waals surface area contributed by atoms with E-state index in [0.29, 0.717) is 5.41 Å². The van der Waals surface area contributed by atoms with Crippen molar-refractivity contribution in [1.82, 2.24) is 10.3 Å². The molecule has 0 radical (unpaired) electrons. The lowest BCUT2D eigenvalue weighted by atomic mass is 10.1. The molecule has 1 N–H and O–H groups in total. The summed E-state index contributed by atoms with van der Waals surface area (Å²) in [6.45, 7) is 1.88. The molecular weight excluding hydrogens is 275 g/mol. The van der Waals surface area contributed by atoms with Gasteiger partial charge < -0.3 is 5.32 Å². The van der Waals surface area contributed by atoms with Crippen molar-refractivity contribution in [1.29, 1.82) is 0 Å². The molecule has 15 heavy (non-hydrogen) atoms. The molecule has 0 aromatic carbocycles. The van der Waals surface area contributed by atoms with Gasteiger partial charge in [0.25, 0.3) is 0 Å². The van der Waals surface area contributed by atoms with Crippen LogP contribution in [0.3, 0.4) is 0 Å². The van der Waals surface area contributed by atoms with Gasteiger partial charge in [-0.1, -0.05) is 0 Å². The van der Waals surface area contributed by atoms with Crippen molar-refractivity contribution in [3.63, 3.8) is 0 Å². The number of rotatable bonds is 5. The molecule has 1 heterocycles. The Kier molecular flexibility index (Phi) is 3.65. The largest absolute Gasteiger partial charge is 0.312 e. The standard InChI is InChI=1S/C11H14BrClN2/c12-10-3-9(4-14-6-10)5-15-8-11(7-13)1-2-11/h3-4,6,15H,1-2,5,7-8H2. The van der Waals surface area contributed by atoms with E-state index >= 15 is 0 Å². The van der Waals surface area contributed by atoms with Crippen molar-refractivity contribution < 1.29 is 0 Å². The van der Waals surface area contributed by atoms with Crippen LogP contribution in [0.25, 0.3) is 0 Å². The Morgan fingerprint density at radius 3 is 2.87 bits per heavy atom. The van der Waals surface area contributed by atoms with Crippen LogP contribution in [-0.4, -0.2) is 17.4 Å². The van der Waals surface area contributed by atoms with Gasteiger partial charge in [-0.25, -0.2) is 0 Å². The highest BCUT2D eigenvalue weighted by Gasteiger charge is 2.40. The van der Waals surface area contributed by atoms with Gasteiger partial charge in [-0.15, -0.1) is 11.6 Å². The van der Waals surface area contributed by atoms with Crippen LogP contribution in [0.1, 0.15) is 18.4 Å². The third-order valence-electron chi connectivity index (χ3n) is 2.83. The van der Waals surface area contributed by atoms with Gasteiger partial charge in [0.1, 0.15) is 0 Å². The SMILES string of the molecule is ClCC1(CNCc2cncc(Br)c2)CC1. The summed E-state index contributed by atoms with van der Waals surface area (Å²) >= 11 is 9.31. The Balaban J connectivity index is 1.78. The topological polar surface area (TPSA) is 24.9 Å². The van der Waals surface area contributed by atoms with Gasteiger partial charge in [-0.05, 0) is 45.8 Å². The van der Waals surface area contributed by atoms with Crippen LogP contribution < -0.4 is 5.32 Å². The van der Waals surface area contributed by atoms with Gasteiger partial charge >= 0.3 is 0 Å². The van der Waals surface area contributed by atoms with Gasteiger partial charge in [0.2, 0.25) is 0 Å². The van der Waals surface area contributed by atoms with Crippen molar-refractivity contribution in [2.24, 2.45) is 5.41 Å². The highest BCUT2D eigenvalue weighted by atomic mass is 79.9. The minimum Gasteiger partial charge on any atom is -0.312 e. The number of pyridine rings is 1. The fourth-order valence-corrected chi connectivity index (χ4v) is 2.33. The van der Waals surface area contributed by atoms with Crippen LogP contribution in [-0.2, 0) is 6.54 Å². The van der Waals surface area contributed by atoms with Crippen LogP contribution in [0.4, 0.5) is 0 Å². The zero-order valence-electron chi connectivity index (χ0n) is 8.47. The first-order valence-corrected chi connectivity index (χ1v) is 6.43. The molecule has 0 bridgehead atoms. The molecule has 0 spiro atoms. The molecule has 1 saturated carbocycles. The molecule has 0 amide bonds. The molecule has 0 saturated heterocycles. The highest BCUT2D eigenvalue weighted by molar-refractivity contribution is 9.10. The Labute approximate surface area is 104 Å². The number of hydrogen-bond acceptors (Lipinski definition) is 2. The summed E-state index contributed by atoms with van der Waals surface area (Å²) in [7, 11) is 0. The second-order valence-corrected chi connectivity index (χ2v) is 5.43. The Morgan fingerprint density at radius 2 is 2.27 bits per heavy atom. The summed E-state index contributed by atoms with van der Waals surface area (Å²) in [5, 5.41) is 3.44. The van der Waals surface area contributed by atoms with E-state index in [0.717, 1.165) is 23.4 Å². The number of nitrogens with zero attached hydrogens (tertiary/aromatic N) is 1. The molecule has 1 aromatic heterocycles. The van der Waals surface area contributed by atoms with Gasteiger partial charge in [0.05, 0.1) is 0 Å². The fourth-order valence-electron chi connectivity index (χ4n) is 1.56. The van der Waals surface area contributed by atoms with Crippen molar-refractivity contribution in [3.8, 4) is 0 Å². The number of halogens is 2. The first-order valence-electron chi connectivity index (χ1n) is 5.10. The predicted octanol–water partition coefficient (Wildman–Crippen LogP) is 2.95. The van der Waals surface area contributed by atoms with Crippen LogP contribution >= 0.6 is 27.5 Å². The van der Waals surface area contributed by atoms with Crippen LogP contribution in [0.2, 0.25) is 0 Å². The minimum atomic E-state index is 0.390. The summed E-state index contributed by atoms with van der Waals surface area (Å²) in [5.41, 5.74) is 1.59. The molecule has 2 nitrogen and oxygen atoms in total. The fraction of sp³-hybridized carbons (Fsp3) is 0.545. The Morgan fingerprint density at radius 1 is 1.47 bits per heavy atom. The highest BCUT2D eigenvalue weighted by Crippen LogP contribution is 2.45. The first kappa shape index (κ1) is 11.4. The molecule has 1 aromatic rings. The molecule has 1 aliphatic carbocycles. The van der Waals surface area contributed by atoms with E-state index < -0.39 is 0 Å². The smallest absolute Gasteiger partial charge is 0.0410 e. The molecule has 2 rings (SSSR count). The number of nitrogens with one attached hydrogen (secondary N) is 1. The lowest BCUT2D eigenvalue weighted by molar-refractivity contribution is 0.504. The van der Waals surface area contributed by atoms with Gasteiger partial charge in [-0.3, -0.25) is 4.98 Å². The first-order chi connectivity index (χ1) is 7.24. The third-order valence-corrected chi connectivity index (χ3v) is 3.83. The van der Waals surface area contributed by atoms with Crippen molar-refractivity contribution in [2.75, 3.05) is 12.4 Å². The zero-order chi connectivity index (χ0) is 10.7. The zero-order valence-corrected chi connectivity index (χ0v) is 10.8. The lowest BCUT2D eigenvalue weighted by Crippen LogP contribution is -2.24. The van der Waals surface area contributed by atoms with E-state index in [1.807, 2.05) is 6.20 Å². The van der Waals surface area contributed by atoms with E-state index in [1.54, 1.807) is 6.20 Å². The van der Waals surface area contributed by atoms with Crippen molar-refractivity contribution >= 4 is 27.5 Å². The molecule has 82 valence electrons. The second kappa shape index (κ2) is 4.81. The number of alkyl halides is 1. The van der Waals surface area contributed by atoms with Gasteiger partial charge in [0.15, 0.2) is 0 Å². The molecule has 0 atom stereocenters. The van der Waals surface area contributed by atoms with Gasteiger partial charge in [-0.2, -0.15) is 0 Å². The summed E-state index contributed by atoms with van der Waals surface area (Å²) in [6, 6.07) is 2.08. The number of hydrogen-bond donors (Lipinski definition) is 1. The maximum absolute atomic E-state index is 5.90. The third kappa shape index (κ3) is 3.16. The summed E-state index contributed by atoms with van der Waals surface area (Å²) in [6.07, 6.45) is 6.21. The Bertz CT molecular complexity index is 339. The van der Waals surface area contributed by atoms with Gasteiger partial charge in [0, 0.05) is 35.8 Å². The van der Waals surface area contributed by atoms with E-state index in [1.165, 1.54) is 18.4 Å². The molecule has 1 aliphatic rings. The van der Waals surface area contributed by atoms with Crippen molar-refractivity contribution in [3.05, 3.63) is 28.5 Å². The predicted molar refractivity (Wildman–Crippen MR) is 66.0 cm³/mol. The maximum atomic E-state index is 5.90. The molecule has 0 unspecified atom stereocenters. The minimum absolute atomic E-state index is 0.390. The monoisotopic (exact) mass is 288 g/mol. The van der Waals surface area contributed by atoms with E-state index in [9.17, 15) is 0 Å². The average Bonchev–Trinajstić information content (AvgIpc) is 2.99. The van der Waals surface area contributed by atoms with E-state index in [4.69, 9.17) is 11.6 Å². The molecule has 1 fully saturated rings. The summed E-state index contributed by atoms with van der Waals surface area (Å²) < 4.78 is 1.03. The normalized spacial score (nSPS) is 17.7. The van der Waals surface area contributed by atoms with E-state index in [-0.39, 0.29) is 0 Å². The average molecular weight is 290 g/mol. The van der Waals surface area contributed by atoms with Crippen LogP contribution in [0, 0.1) is 5.41 Å². The molecule has 0 aliphatic heterocycles. The second-order valence-electron chi connectivity index (χ2n) is 4.25. The summed E-state index contributed by atoms with van der Waals surface area (Å²) in [5.74, 6) is 0.775. The summed E-state index contributed by atoms with van der Waals surface area (Å²) in [4.78, 5) is 4.12. The quantitative estimate of drug-likeness (QED) is 0.843. The van der Waals surface area contributed by atoms with E-state index in [2.05, 4.69) is 32.3 Å². The Hall–Kier alpha value is -0.120.